The summed E-state index contributed by atoms with van der Waals surface area (Å²) in [7, 11) is 0. The molecule has 2 aromatic heterocycles. The number of nitrogens with one attached hydrogen (secondary N) is 1. The van der Waals surface area contributed by atoms with Crippen LogP contribution in [-0.2, 0) is 6.61 Å². The predicted octanol–water partition coefficient (Wildman–Crippen LogP) is 4.89. The van der Waals surface area contributed by atoms with Crippen molar-refractivity contribution in [2.45, 2.75) is 20.5 Å². The number of aromatic nitrogens is 1. The Morgan fingerprint density at radius 3 is 2.60 bits per heavy atom. The number of rotatable bonds is 5. The molecule has 0 radical (unpaired) electrons. The lowest BCUT2D eigenvalue weighted by Gasteiger charge is -2.10. The third-order valence-electron chi connectivity index (χ3n) is 3.62. The van der Waals surface area contributed by atoms with Gasteiger partial charge in [-0.15, -0.1) is 0 Å². The van der Waals surface area contributed by atoms with Gasteiger partial charge in [-0.3, -0.25) is 4.79 Å². The Labute approximate surface area is 154 Å². The lowest BCUT2D eigenvalue weighted by molar-refractivity contribution is 0.0992. The van der Waals surface area contributed by atoms with E-state index in [0.717, 1.165) is 21.3 Å². The van der Waals surface area contributed by atoms with E-state index < -0.39 is 0 Å². The Hall–Kier alpha value is -2.60. The largest absolute Gasteiger partial charge is 0.485 e. The van der Waals surface area contributed by atoms with Gasteiger partial charge in [0.15, 0.2) is 5.76 Å². The van der Waals surface area contributed by atoms with Gasteiger partial charge in [-0.25, -0.2) is 4.98 Å². The van der Waals surface area contributed by atoms with Crippen LogP contribution < -0.4 is 10.1 Å². The van der Waals surface area contributed by atoms with Crippen LogP contribution in [0.3, 0.4) is 0 Å². The van der Waals surface area contributed by atoms with E-state index in [9.17, 15) is 4.79 Å². The van der Waals surface area contributed by atoms with Crippen LogP contribution in [0.25, 0.3) is 0 Å². The number of carbonyl (C=O) groups excluding carboxylic acids is 1. The van der Waals surface area contributed by atoms with Crippen molar-refractivity contribution >= 4 is 27.7 Å². The Morgan fingerprint density at radius 1 is 1.16 bits per heavy atom. The highest BCUT2D eigenvalue weighted by Crippen LogP contribution is 2.24. The molecular formula is C19H17BrN2O3. The molecule has 0 aliphatic carbocycles. The molecule has 1 N–H and O–H groups in total. The molecule has 1 aromatic carbocycles. The van der Waals surface area contributed by atoms with Gasteiger partial charge in [0.2, 0.25) is 0 Å². The number of para-hydroxylation sites is 1. The number of halogens is 1. The van der Waals surface area contributed by atoms with E-state index in [1.54, 1.807) is 30.5 Å². The number of pyridine rings is 1. The van der Waals surface area contributed by atoms with Crippen LogP contribution in [0, 0.1) is 13.8 Å². The molecule has 3 aromatic rings. The predicted molar refractivity (Wildman–Crippen MR) is 98.8 cm³/mol. The molecule has 128 valence electrons. The number of amides is 1. The quantitative estimate of drug-likeness (QED) is 0.662. The topological polar surface area (TPSA) is 64.4 Å². The van der Waals surface area contributed by atoms with Gasteiger partial charge in [0.1, 0.15) is 23.9 Å². The van der Waals surface area contributed by atoms with Crippen LogP contribution in [0.5, 0.6) is 5.75 Å². The number of hydrogen-bond acceptors (Lipinski definition) is 4. The second-order valence-corrected chi connectivity index (χ2v) is 6.51. The minimum absolute atomic E-state index is 0.213. The standard InChI is InChI=1S/C19H17BrN2O3/c1-12-4-3-5-13(2)18(12)24-11-15-7-8-16(25-15)19(23)22-17-9-6-14(20)10-21-17/h3-10H,11H2,1-2H3,(H,21,22,23). The number of ether oxygens (including phenoxy) is 1. The van der Waals surface area contributed by atoms with Crippen molar-refractivity contribution in [1.29, 1.82) is 0 Å². The third kappa shape index (κ3) is 4.28. The molecule has 0 atom stereocenters. The summed E-state index contributed by atoms with van der Waals surface area (Å²) < 4.78 is 12.2. The maximum atomic E-state index is 12.2. The Balaban J connectivity index is 1.64. The fourth-order valence-electron chi connectivity index (χ4n) is 2.38. The molecule has 3 rings (SSSR count). The van der Waals surface area contributed by atoms with Crippen molar-refractivity contribution in [1.82, 2.24) is 4.98 Å². The second-order valence-electron chi connectivity index (χ2n) is 5.59. The van der Waals surface area contributed by atoms with Crippen molar-refractivity contribution < 1.29 is 13.9 Å². The van der Waals surface area contributed by atoms with Crippen LogP contribution in [0.15, 0.2) is 57.6 Å². The highest BCUT2D eigenvalue weighted by molar-refractivity contribution is 9.10. The lowest BCUT2D eigenvalue weighted by atomic mass is 10.1. The van der Waals surface area contributed by atoms with E-state index in [-0.39, 0.29) is 18.3 Å². The number of hydrogen-bond donors (Lipinski definition) is 1. The first kappa shape index (κ1) is 17.2. The Bertz CT molecular complexity index is 868. The summed E-state index contributed by atoms with van der Waals surface area (Å²) in [6.07, 6.45) is 1.61. The number of nitrogens with zero attached hydrogens (tertiary/aromatic N) is 1. The van der Waals surface area contributed by atoms with Crippen LogP contribution in [-0.4, -0.2) is 10.9 Å². The molecule has 1 amide bonds. The first-order valence-corrected chi connectivity index (χ1v) is 8.53. The monoisotopic (exact) mass is 400 g/mol. The molecule has 2 heterocycles. The Morgan fingerprint density at radius 2 is 1.92 bits per heavy atom. The molecule has 5 nitrogen and oxygen atoms in total. The summed E-state index contributed by atoms with van der Waals surface area (Å²) in [5.41, 5.74) is 2.12. The van der Waals surface area contributed by atoms with Crippen molar-refractivity contribution in [3.05, 3.63) is 75.8 Å². The molecular weight excluding hydrogens is 384 g/mol. The fraction of sp³-hybridized carbons (Fsp3) is 0.158. The van der Waals surface area contributed by atoms with E-state index >= 15 is 0 Å². The van der Waals surface area contributed by atoms with Gasteiger partial charge in [0.05, 0.1) is 0 Å². The first-order chi connectivity index (χ1) is 12.0. The summed E-state index contributed by atoms with van der Waals surface area (Å²) in [6.45, 7) is 4.25. The summed E-state index contributed by atoms with van der Waals surface area (Å²) in [5, 5.41) is 2.69. The molecule has 0 unspecified atom stereocenters. The summed E-state index contributed by atoms with van der Waals surface area (Å²) in [4.78, 5) is 16.3. The smallest absolute Gasteiger partial charge is 0.292 e. The normalized spacial score (nSPS) is 10.5. The summed E-state index contributed by atoms with van der Waals surface area (Å²) >= 11 is 3.30. The van der Waals surface area contributed by atoms with Crippen molar-refractivity contribution in [3.8, 4) is 5.75 Å². The van der Waals surface area contributed by atoms with Gasteiger partial charge >= 0.3 is 0 Å². The van der Waals surface area contributed by atoms with E-state index in [1.165, 1.54) is 0 Å². The molecule has 0 bridgehead atoms. The lowest BCUT2D eigenvalue weighted by Crippen LogP contribution is -2.11. The highest BCUT2D eigenvalue weighted by Gasteiger charge is 2.13. The van der Waals surface area contributed by atoms with Gasteiger partial charge < -0.3 is 14.5 Å². The molecule has 0 saturated carbocycles. The van der Waals surface area contributed by atoms with Gasteiger partial charge in [-0.1, -0.05) is 18.2 Å². The zero-order valence-corrected chi connectivity index (χ0v) is 15.5. The number of furan rings is 1. The van der Waals surface area contributed by atoms with Crippen LogP contribution in [0.4, 0.5) is 5.82 Å². The van der Waals surface area contributed by atoms with Crippen molar-refractivity contribution in [2.24, 2.45) is 0 Å². The minimum atomic E-state index is -0.354. The number of carbonyl (C=O) groups is 1. The fourth-order valence-corrected chi connectivity index (χ4v) is 2.61. The average Bonchev–Trinajstić information content (AvgIpc) is 3.06. The zero-order chi connectivity index (χ0) is 17.8. The van der Waals surface area contributed by atoms with E-state index in [1.807, 2.05) is 32.0 Å². The average molecular weight is 401 g/mol. The Kier molecular flexibility index (Phi) is 5.19. The van der Waals surface area contributed by atoms with Gasteiger partial charge in [-0.2, -0.15) is 0 Å². The van der Waals surface area contributed by atoms with E-state index in [4.69, 9.17) is 9.15 Å². The third-order valence-corrected chi connectivity index (χ3v) is 4.09. The maximum absolute atomic E-state index is 12.2. The SMILES string of the molecule is Cc1cccc(C)c1OCc1ccc(C(=O)Nc2ccc(Br)cn2)o1. The number of benzene rings is 1. The van der Waals surface area contributed by atoms with Gasteiger partial charge in [0.25, 0.3) is 5.91 Å². The molecule has 6 heteroatoms. The first-order valence-electron chi connectivity index (χ1n) is 7.73. The zero-order valence-electron chi connectivity index (χ0n) is 13.9. The van der Waals surface area contributed by atoms with Crippen LogP contribution in [0.1, 0.15) is 27.4 Å². The van der Waals surface area contributed by atoms with Crippen molar-refractivity contribution in [2.75, 3.05) is 5.32 Å². The van der Waals surface area contributed by atoms with Gasteiger partial charge in [-0.05, 0) is 65.2 Å². The summed E-state index contributed by atoms with van der Waals surface area (Å²) in [5.74, 6) is 1.73. The number of anilines is 1. The summed E-state index contributed by atoms with van der Waals surface area (Å²) in [6, 6.07) is 12.8. The molecule has 0 fully saturated rings. The molecule has 0 aliphatic rings. The van der Waals surface area contributed by atoms with E-state index in [0.29, 0.717) is 11.6 Å². The van der Waals surface area contributed by atoms with Crippen LogP contribution in [0.2, 0.25) is 0 Å². The molecule has 0 saturated heterocycles. The molecule has 0 aliphatic heterocycles. The molecule has 0 spiro atoms. The maximum Gasteiger partial charge on any atom is 0.292 e. The number of aryl methyl sites for hydroxylation is 2. The molecule has 25 heavy (non-hydrogen) atoms. The van der Waals surface area contributed by atoms with E-state index in [2.05, 4.69) is 26.2 Å². The van der Waals surface area contributed by atoms with Crippen molar-refractivity contribution in [3.63, 3.8) is 0 Å². The minimum Gasteiger partial charge on any atom is -0.485 e. The highest BCUT2D eigenvalue weighted by atomic mass is 79.9. The van der Waals surface area contributed by atoms with Gasteiger partial charge in [0, 0.05) is 10.7 Å². The second kappa shape index (κ2) is 7.53. The van der Waals surface area contributed by atoms with Crippen LogP contribution >= 0.6 is 15.9 Å².